The SMILES string of the molecule is COc1cncc(-c2ccc3[nH]nc(-c4cc5c(-c6cccc(F)c6)cncc5[nH]4)c3n2)c1. The molecule has 0 saturated heterocycles. The van der Waals surface area contributed by atoms with Gasteiger partial charge in [-0.05, 0) is 42.0 Å². The summed E-state index contributed by atoms with van der Waals surface area (Å²) in [6, 6.07) is 14.2. The van der Waals surface area contributed by atoms with Crippen molar-refractivity contribution in [3.8, 4) is 39.5 Å². The Labute approximate surface area is 187 Å². The number of pyridine rings is 3. The fraction of sp³-hybridized carbons (Fsp3) is 0.0400. The third-order valence-electron chi connectivity index (χ3n) is 5.59. The molecule has 160 valence electrons. The lowest BCUT2D eigenvalue weighted by Gasteiger charge is -2.04. The summed E-state index contributed by atoms with van der Waals surface area (Å²) in [5, 5.41) is 8.48. The average Bonchev–Trinajstić information content (AvgIpc) is 3.47. The highest BCUT2D eigenvalue weighted by Crippen LogP contribution is 2.34. The molecule has 8 heteroatoms. The van der Waals surface area contributed by atoms with Crippen molar-refractivity contribution in [2.75, 3.05) is 7.11 Å². The predicted octanol–water partition coefficient (Wildman–Crippen LogP) is 5.38. The molecule has 5 aromatic heterocycles. The van der Waals surface area contributed by atoms with E-state index in [9.17, 15) is 4.39 Å². The maximum Gasteiger partial charge on any atom is 0.137 e. The first-order valence-electron chi connectivity index (χ1n) is 10.3. The zero-order valence-electron chi connectivity index (χ0n) is 17.5. The van der Waals surface area contributed by atoms with Gasteiger partial charge in [0.1, 0.15) is 22.8 Å². The molecule has 0 fully saturated rings. The molecule has 5 heterocycles. The Morgan fingerprint density at radius 1 is 0.879 bits per heavy atom. The van der Waals surface area contributed by atoms with Crippen LogP contribution in [-0.2, 0) is 0 Å². The van der Waals surface area contributed by atoms with E-state index in [0.717, 1.165) is 50.0 Å². The summed E-state index contributed by atoms with van der Waals surface area (Å²) >= 11 is 0. The molecule has 6 rings (SSSR count). The highest BCUT2D eigenvalue weighted by atomic mass is 19.1. The van der Waals surface area contributed by atoms with Gasteiger partial charge in [-0.15, -0.1) is 0 Å². The maximum absolute atomic E-state index is 13.8. The minimum Gasteiger partial charge on any atom is -0.495 e. The lowest BCUT2D eigenvalue weighted by Crippen LogP contribution is -1.89. The number of nitrogens with zero attached hydrogens (tertiary/aromatic N) is 4. The molecule has 0 aliphatic carbocycles. The summed E-state index contributed by atoms with van der Waals surface area (Å²) in [6.45, 7) is 0. The zero-order chi connectivity index (χ0) is 22.4. The second kappa shape index (κ2) is 7.52. The molecular formula is C25H17FN6O. The first kappa shape index (κ1) is 19.1. The molecular weight excluding hydrogens is 419 g/mol. The summed E-state index contributed by atoms with van der Waals surface area (Å²) in [5.74, 6) is 0.372. The Balaban J connectivity index is 1.49. The molecule has 0 radical (unpaired) electrons. The van der Waals surface area contributed by atoms with Gasteiger partial charge in [0.2, 0.25) is 0 Å². The van der Waals surface area contributed by atoms with Crippen LogP contribution < -0.4 is 4.74 Å². The van der Waals surface area contributed by atoms with Gasteiger partial charge in [0.05, 0.1) is 41.9 Å². The monoisotopic (exact) mass is 436 g/mol. The minimum absolute atomic E-state index is 0.290. The molecule has 0 spiro atoms. The molecule has 33 heavy (non-hydrogen) atoms. The highest BCUT2D eigenvalue weighted by Gasteiger charge is 2.16. The van der Waals surface area contributed by atoms with Crippen LogP contribution in [0, 0.1) is 5.82 Å². The van der Waals surface area contributed by atoms with Gasteiger partial charge in [0.25, 0.3) is 0 Å². The second-order valence-electron chi connectivity index (χ2n) is 7.62. The van der Waals surface area contributed by atoms with Crippen LogP contribution in [0.5, 0.6) is 5.75 Å². The number of aromatic nitrogens is 6. The number of ether oxygens (including phenoxy) is 1. The van der Waals surface area contributed by atoms with Crippen molar-refractivity contribution in [1.82, 2.24) is 30.1 Å². The van der Waals surface area contributed by atoms with Crippen molar-refractivity contribution in [1.29, 1.82) is 0 Å². The summed E-state index contributed by atoms with van der Waals surface area (Å²) in [5.41, 5.74) is 7.04. The summed E-state index contributed by atoms with van der Waals surface area (Å²) in [6.07, 6.45) is 6.89. The third kappa shape index (κ3) is 3.28. The van der Waals surface area contributed by atoms with E-state index in [0.29, 0.717) is 11.4 Å². The van der Waals surface area contributed by atoms with Gasteiger partial charge in [0, 0.05) is 28.9 Å². The van der Waals surface area contributed by atoms with Gasteiger partial charge >= 0.3 is 0 Å². The number of H-pyrrole nitrogens is 2. The van der Waals surface area contributed by atoms with Gasteiger partial charge < -0.3 is 9.72 Å². The number of halogens is 1. The number of hydrogen-bond acceptors (Lipinski definition) is 5. The number of nitrogens with one attached hydrogen (secondary N) is 2. The predicted molar refractivity (Wildman–Crippen MR) is 124 cm³/mol. The van der Waals surface area contributed by atoms with E-state index >= 15 is 0 Å². The van der Waals surface area contributed by atoms with E-state index in [1.165, 1.54) is 12.1 Å². The highest BCUT2D eigenvalue weighted by molar-refractivity contribution is 6.00. The number of methoxy groups -OCH3 is 1. The molecule has 0 amide bonds. The topological polar surface area (TPSA) is 92.4 Å². The number of fused-ring (bicyclic) bond motifs is 2. The van der Waals surface area contributed by atoms with Crippen molar-refractivity contribution in [2.24, 2.45) is 0 Å². The van der Waals surface area contributed by atoms with Crippen LogP contribution in [0.15, 0.2) is 73.3 Å². The normalized spacial score (nSPS) is 11.3. The smallest absolute Gasteiger partial charge is 0.137 e. The Kier molecular flexibility index (Phi) is 4.36. The van der Waals surface area contributed by atoms with Crippen LogP contribution in [0.1, 0.15) is 0 Å². The van der Waals surface area contributed by atoms with Crippen molar-refractivity contribution in [3.05, 3.63) is 79.1 Å². The molecule has 7 nitrogen and oxygen atoms in total. The second-order valence-corrected chi connectivity index (χ2v) is 7.62. The van der Waals surface area contributed by atoms with Crippen LogP contribution in [-0.4, -0.2) is 37.2 Å². The Bertz CT molecular complexity index is 1640. The molecule has 0 aliphatic rings. The summed E-state index contributed by atoms with van der Waals surface area (Å²) in [7, 11) is 1.61. The van der Waals surface area contributed by atoms with E-state index in [1.807, 2.05) is 30.3 Å². The fourth-order valence-corrected chi connectivity index (χ4v) is 3.98. The lowest BCUT2D eigenvalue weighted by atomic mass is 10.0. The molecule has 6 aromatic rings. The summed E-state index contributed by atoms with van der Waals surface area (Å²) in [4.78, 5) is 16.8. The Morgan fingerprint density at radius 2 is 1.79 bits per heavy atom. The van der Waals surface area contributed by atoms with Crippen molar-refractivity contribution < 1.29 is 9.13 Å². The van der Waals surface area contributed by atoms with E-state index in [1.54, 1.807) is 38.0 Å². The van der Waals surface area contributed by atoms with E-state index < -0.39 is 0 Å². The molecule has 0 unspecified atom stereocenters. The maximum atomic E-state index is 13.8. The lowest BCUT2D eigenvalue weighted by molar-refractivity contribution is 0.413. The van der Waals surface area contributed by atoms with E-state index in [2.05, 4.69) is 25.1 Å². The van der Waals surface area contributed by atoms with Gasteiger partial charge in [-0.1, -0.05) is 12.1 Å². The zero-order valence-corrected chi connectivity index (χ0v) is 17.5. The first-order chi connectivity index (χ1) is 16.2. The van der Waals surface area contributed by atoms with Crippen molar-refractivity contribution in [2.45, 2.75) is 0 Å². The van der Waals surface area contributed by atoms with Gasteiger partial charge in [-0.2, -0.15) is 5.10 Å². The molecule has 2 N–H and O–H groups in total. The van der Waals surface area contributed by atoms with E-state index in [4.69, 9.17) is 9.72 Å². The van der Waals surface area contributed by atoms with E-state index in [-0.39, 0.29) is 5.82 Å². The van der Waals surface area contributed by atoms with Crippen molar-refractivity contribution in [3.63, 3.8) is 0 Å². The molecule has 0 atom stereocenters. The summed E-state index contributed by atoms with van der Waals surface area (Å²) < 4.78 is 19.1. The molecule has 0 bridgehead atoms. The third-order valence-corrected chi connectivity index (χ3v) is 5.59. The van der Waals surface area contributed by atoms with Gasteiger partial charge in [-0.25, -0.2) is 9.37 Å². The molecule has 1 aromatic carbocycles. The molecule has 0 aliphatic heterocycles. The average molecular weight is 436 g/mol. The largest absolute Gasteiger partial charge is 0.495 e. The minimum atomic E-state index is -0.290. The van der Waals surface area contributed by atoms with Crippen LogP contribution in [0.25, 0.3) is 55.7 Å². The number of hydrogen-bond donors (Lipinski definition) is 2. The van der Waals surface area contributed by atoms with Crippen LogP contribution in [0.2, 0.25) is 0 Å². The van der Waals surface area contributed by atoms with Crippen LogP contribution >= 0.6 is 0 Å². The number of rotatable bonds is 4. The Morgan fingerprint density at radius 3 is 2.67 bits per heavy atom. The first-order valence-corrected chi connectivity index (χ1v) is 10.3. The van der Waals surface area contributed by atoms with Gasteiger partial charge in [0.15, 0.2) is 0 Å². The number of aromatic amines is 2. The standard InChI is InChI=1S/C25H17FN6O/c1-33-17-8-15(10-27-11-17)20-5-6-21-24(30-20)25(32-31-21)22-9-18-19(12-28-13-23(18)29-22)14-3-2-4-16(26)7-14/h2-13,29H,1H3,(H,31,32). The van der Waals surface area contributed by atoms with Crippen molar-refractivity contribution >= 4 is 21.9 Å². The fourth-order valence-electron chi connectivity index (χ4n) is 3.98. The molecule has 0 saturated carbocycles. The number of benzene rings is 1. The van der Waals surface area contributed by atoms with Crippen LogP contribution in [0.3, 0.4) is 0 Å². The Hall–Kier alpha value is -4.59. The quantitative estimate of drug-likeness (QED) is 0.387. The van der Waals surface area contributed by atoms with Crippen LogP contribution in [0.4, 0.5) is 4.39 Å². The van der Waals surface area contributed by atoms with Gasteiger partial charge in [-0.3, -0.25) is 15.1 Å².